The molecule has 3 heteroatoms. The fourth-order valence-corrected chi connectivity index (χ4v) is 3.03. The van der Waals surface area contributed by atoms with Gasteiger partial charge in [-0.3, -0.25) is 9.88 Å². The largest absolute Gasteiger partial charge is 0.304 e. The van der Waals surface area contributed by atoms with Crippen LogP contribution in [-0.2, 0) is 6.54 Å². The van der Waals surface area contributed by atoms with Gasteiger partial charge in [0.2, 0.25) is 0 Å². The van der Waals surface area contributed by atoms with Gasteiger partial charge < -0.3 is 5.32 Å². The Kier molecular flexibility index (Phi) is 3.23. The molecule has 1 fully saturated rings. The number of pyridine rings is 1. The average Bonchev–Trinajstić information content (AvgIpc) is 2.13. The second kappa shape index (κ2) is 4.39. The molecule has 0 aliphatic carbocycles. The SMILES string of the molecule is CC1(C)CN(Cc2ccncc2)CC(C)(C)N1. The molecule has 2 rings (SSSR count). The Balaban J connectivity index is 2.06. The first-order chi connectivity index (χ1) is 7.86. The lowest BCUT2D eigenvalue weighted by atomic mass is 9.91. The van der Waals surface area contributed by atoms with Gasteiger partial charge in [-0.1, -0.05) is 0 Å². The van der Waals surface area contributed by atoms with Gasteiger partial charge >= 0.3 is 0 Å². The number of rotatable bonds is 2. The number of piperazine rings is 1. The van der Waals surface area contributed by atoms with E-state index in [4.69, 9.17) is 0 Å². The Hall–Kier alpha value is -0.930. The Morgan fingerprint density at radius 3 is 2.18 bits per heavy atom. The lowest BCUT2D eigenvalue weighted by molar-refractivity contribution is 0.0728. The van der Waals surface area contributed by atoms with Gasteiger partial charge in [0.05, 0.1) is 0 Å². The maximum Gasteiger partial charge on any atom is 0.0271 e. The Bertz CT molecular complexity index is 354. The van der Waals surface area contributed by atoms with Gasteiger partial charge in [-0.15, -0.1) is 0 Å². The minimum Gasteiger partial charge on any atom is -0.304 e. The zero-order chi connectivity index (χ0) is 12.5. The third kappa shape index (κ3) is 3.51. The number of aromatic nitrogens is 1. The van der Waals surface area contributed by atoms with E-state index in [1.54, 1.807) is 0 Å². The molecule has 0 radical (unpaired) electrons. The van der Waals surface area contributed by atoms with Crippen LogP contribution >= 0.6 is 0 Å². The fraction of sp³-hybridized carbons (Fsp3) is 0.643. The third-order valence-corrected chi connectivity index (χ3v) is 3.07. The topological polar surface area (TPSA) is 28.2 Å². The third-order valence-electron chi connectivity index (χ3n) is 3.07. The van der Waals surface area contributed by atoms with Crippen LogP contribution in [0.1, 0.15) is 33.3 Å². The predicted molar refractivity (Wildman–Crippen MR) is 70.8 cm³/mol. The molecule has 0 spiro atoms. The molecule has 0 saturated carbocycles. The maximum absolute atomic E-state index is 4.06. The second-order valence-electron chi connectivity index (χ2n) is 6.39. The van der Waals surface area contributed by atoms with Crippen LogP contribution in [0.4, 0.5) is 0 Å². The zero-order valence-electron chi connectivity index (χ0n) is 11.3. The van der Waals surface area contributed by atoms with Crippen LogP contribution in [0.3, 0.4) is 0 Å². The molecule has 94 valence electrons. The number of hydrogen-bond acceptors (Lipinski definition) is 3. The summed E-state index contributed by atoms with van der Waals surface area (Å²) < 4.78 is 0. The molecule has 3 nitrogen and oxygen atoms in total. The first-order valence-electron chi connectivity index (χ1n) is 6.27. The second-order valence-corrected chi connectivity index (χ2v) is 6.39. The van der Waals surface area contributed by atoms with Crippen LogP contribution < -0.4 is 5.32 Å². The smallest absolute Gasteiger partial charge is 0.0271 e. The number of nitrogens with zero attached hydrogens (tertiary/aromatic N) is 2. The Morgan fingerprint density at radius 1 is 1.12 bits per heavy atom. The molecular formula is C14H23N3. The van der Waals surface area contributed by atoms with E-state index >= 15 is 0 Å². The van der Waals surface area contributed by atoms with Gasteiger partial charge in [-0.25, -0.2) is 0 Å². The van der Waals surface area contributed by atoms with Crippen LogP contribution in [0.15, 0.2) is 24.5 Å². The van der Waals surface area contributed by atoms with Crippen LogP contribution in [0.2, 0.25) is 0 Å². The van der Waals surface area contributed by atoms with Crippen molar-refractivity contribution in [3.63, 3.8) is 0 Å². The summed E-state index contributed by atoms with van der Waals surface area (Å²) in [5.41, 5.74) is 1.69. The van der Waals surface area contributed by atoms with Crippen molar-refractivity contribution in [2.45, 2.75) is 45.3 Å². The van der Waals surface area contributed by atoms with E-state index in [2.05, 4.69) is 55.0 Å². The highest BCUT2D eigenvalue weighted by Crippen LogP contribution is 2.22. The van der Waals surface area contributed by atoms with Crippen molar-refractivity contribution in [2.24, 2.45) is 0 Å². The molecule has 2 heterocycles. The molecule has 1 aromatic heterocycles. The van der Waals surface area contributed by atoms with Crippen molar-refractivity contribution in [1.29, 1.82) is 0 Å². The summed E-state index contributed by atoms with van der Waals surface area (Å²) in [6, 6.07) is 4.20. The van der Waals surface area contributed by atoms with Crippen molar-refractivity contribution < 1.29 is 0 Å². The summed E-state index contributed by atoms with van der Waals surface area (Å²) in [6.07, 6.45) is 3.74. The van der Waals surface area contributed by atoms with Crippen molar-refractivity contribution in [3.05, 3.63) is 30.1 Å². The molecule has 0 amide bonds. The van der Waals surface area contributed by atoms with Crippen molar-refractivity contribution in [3.8, 4) is 0 Å². The quantitative estimate of drug-likeness (QED) is 0.847. The van der Waals surface area contributed by atoms with Gasteiger partial charge in [-0.2, -0.15) is 0 Å². The fourth-order valence-electron chi connectivity index (χ4n) is 3.03. The van der Waals surface area contributed by atoms with Gasteiger partial charge in [0, 0.05) is 43.1 Å². The van der Waals surface area contributed by atoms with E-state index in [9.17, 15) is 0 Å². The van der Waals surface area contributed by atoms with Crippen LogP contribution in [0.25, 0.3) is 0 Å². The van der Waals surface area contributed by atoms with Crippen molar-refractivity contribution in [1.82, 2.24) is 15.2 Å². The van der Waals surface area contributed by atoms with Gasteiger partial charge in [0.15, 0.2) is 0 Å². The standard InChI is InChI=1S/C14H23N3/c1-13(2)10-17(11-14(3,4)16-13)9-12-5-7-15-8-6-12/h5-8,16H,9-11H2,1-4H3. The molecule has 1 aliphatic rings. The highest BCUT2D eigenvalue weighted by molar-refractivity contribution is 5.10. The molecule has 0 atom stereocenters. The van der Waals surface area contributed by atoms with E-state index < -0.39 is 0 Å². The summed E-state index contributed by atoms with van der Waals surface area (Å²) >= 11 is 0. The molecular weight excluding hydrogens is 210 g/mol. The van der Waals surface area contributed by atoms with E-state index in [0.29, 0.717) is 0 Å². The molecule has 1 N–H and O–H groups in total. The predicted octanol–water partition coefficient (Wildman–Crippen LogP) is 2.04. The zero-order valence-corrected chi connectivity index (χ0v) is 11.3. The van der Waals surface area contributed by atoms with E-state index in [-0.39, 0.29) is 11.1 Å². The molecule has 17 heavy (non-hydrogen) atoms. The minimum atomic E-state index is 0.175. The van der Waals surface area contributed by atoms with Crippen molar-refractivity contribution >= 4 is 0 Å². The molecule has 0 bridgehead atoms. The molecule has 1 aromatic rings. The highest BCUT2D eigenvalue weighted by Gasteiger charge is 2.36. The Morgan fingerprint density at radius 2 is 1.65 bits per heavy atom. The lowest BCUT2D eigenvalue weighted by Gasteiger charge is -2.48. The first kappa shape index (κ1) is 12.5. The average molecular weight is 233 g/mol. The molecule has 1 saturated heterocycles. The summed E-state index contributed by atoms with van der Waals surface area (Å²) in [6.45, 7) is 12.3. The monoisotopic (exact) mass is 233 g/mol. The number of hydrogen-bond donors (Lipinski definition) is 1. The molecule has 0 aromatic carbocycles. The highest BCUT2D eigenvalue weighted by atomic mass is 15.3. The van der Waals surface area contributed by atoms with E-state index in [1.807, 2.05) is 12.4 Å². The summed E-state index contributed by atoms with van der Waals surface area (Å²) in [7, 11) is 0. The lowest BCUT2D eigenvalue weighted by Crippen LogP contribution is -2.66. The molecule has 0 unspecified atom stereocenters. The normalized spacial score (nSPS) is 23.5. The summed E-state index contributed by atoms with van der Waals surface area (Å²) in [4.78, 5) is 6.58. The summed E-state index contributed by atoms with van der Waals surface area (Å²) in [5, 5.41) is 3.69. The maximum atomic E-state index is 4.06. The molecule has 1 aliphatic heterocycles. The van der Waals surface area contributed by atoms with Gasteiger partial charge in [-0.05, 0) is 45.4 Å². The van der Waals surface area contributed by atoms with Crippen LogP contribution in [0, 0.1) is 0 Å². The van der Waals surface area contributed by atoms with Crippen LogP contribution in [0.5, 0.6) is 0 Å². The number of nitrogens with one attached hydrogen (secondary N) is 1. The summed E-state index contributed by atoms with van der Waals surface area (Å²) in [5.74, 6) is 0. The van der Waals surface area contributed by atoms with Crippen LogP contribution in [-0.4, -0.2) is 34.1 Å². The van der Waals surface area contributed by atoms with E-state index in [0.717, 1.165) is 19.6 Å². The van der Waals surface area contributed by atoms with Gasteiger partial charge in [0.1, 0.15) is 0 Å². The van der Waals surface area contributed by atoms with Crippen molar-refractivity contribution in [2.75, 3.05) is 13.1 Å². The Labute approximate surface area is 104 Å². The van der Waals surface area contributed by atoms with E-state index in [1.165, 1.54) is 5.56 Å². The minimum absolute atomic E-state index is 0.175. The first-order valence-corrected chi connectivity index (χ1v) is 6.27. The van der Waals surface area contributed by atoms with Gasteiger partial charge in [0.25, 0.3) is 0 Å².